The van der Waals surface area contributed by atoms with Crippen molar-refractivity contribution in [3.05, 3.63) is 36.7 Å². The van der Waals surface area contributed by atoms with Crippen molar-refractivity contribution in [3.8, 4) is 5.88 Å². The number of rotatable bonds is 10. The molecule has 0 radical (unpaired) electrons. The van der Waals surface area contributed by atoms with Gasteiger partial charge in [-0.15, -0.1) is 0 Å². The monoisotopic (exact) mass is 547 g/mol. The van der Waals surface area contributed by atoms with E-state index in [0.29, 0.717) is 11.2 Å². The van der Waals surface area contributed by atoms with Crippen LogP contribution in [0.1, 0.15) is 20.1 Å². The average Bonchev–Trinajstić information content (AvgIpc) is 3.56. The van der Waals surface area contributed by atoms with E-state index in [0.717, 1.165) is 5.46 Å². The Morgan fingerprint density at radius 2 is 2.05 bits per heavy atom. The van der Waals surface area contributed by atoms with Crippen molar-refractivity contribution in [2.24, 2.45) is 0 Å². The fourth-order valence-corrected chi connectivity index (χ4v) is 5.20. The van der Waals surface area contributed by atoms with Crippen LogP contribution in [0.25, 0.3) is 11.2 Å². The van der Waals surface area contributed by atoms with E-state index in [2.05, 4.69) is 15.0 Å². The second-order valence-electron chi connectivity index (χ2n) is 8.70. The number of benzene rings is 1. The topological polar surface area (TPSA) is 168 Å². The summed E-state index contributed by atoms with van der Waals surface area (Å²) < 4.78 is 53.6. The van der Waals surface area contributed by atoms with E-state index in [4.69, 9.17) is 38.3 Å². The molecule has 16 heteroatoms. The molecule has 0 aliphatic carbocycles. The van der Waals surface area contributed by atoms with Gasteiger partial charge in [-0.05, 0) is 19.3 Å². The standard InChI is InChI=1S/C22H27BN5O9P/c1-4-32-15(29)11-34-38(30)33-10-14-17-22(2,37-23(36-17)13-8-6-5-7-9-13)20(35-14)28-12-25-16-18(28)26-21(24)27-19(16)31-3/h5-9,12,14,17,20,38H,4,10-11H2,1-3H3,(H2,24,26,27)/t14-,17-,20?,22-/m1/s1. The van der Waals surface area contributed by atoms with Gasteiger partial charge in [-0.3, -0.25) is 13.7 Å². The van der Waals surface area contributed by atoms with E-state index in [1.54, 1.807) is 11.5 Å². The minimum absolute atomic E-state index is 0.00113. The molecule has 2 N–H and O–H groups in total. The molecule has 0 spiro atoms. The van der Waals surface area contributed by atoms with Crippen LogP contribution in [0.2, 0.25) is 0 Å². The van der Waals surface area contributed by atoms with Crippen LogP contribution in [-0.2, 0) is 37.2 Å². The highest BCUT2D eigenvalue weighted by molar-refractivity contribution is 7.33. The lowest BCUT2D eigenvalue weighted by atomic mass is 9.79. The number of hydrogen-bond donors (Lipinski definition) is 1. The SMILES string of the molecule is CCOC(=O)CO[PH](=O)OC[C@H]1OC(n2cnc3c(OC)nc(N)nc32)[C@]2(C)OB(c3ccccc3)O[C@H]12. The molecule has 0 saturated carbocycles. The molecule has 2 fully saturated rings. The van der Waals surface area contributed by atoms with E-state index >= 15 is 0 Å². The molecule has 2 aliphatic rings. The Kier molecular flexibility index (Phi) is 7.66. The molecule has 0 amide bonds. The Bertz CT molecular complexity index is 1330. The number of hydrogen-bond acceptors (Lipinski definition) is 13. The van der Waals surface area contributed by atoms with Crippen molar-refractivity contribution >= 4 is 43.9 Å². The van der Waals surface area contributed by atoms with Gasteiger partial charge in [0, 0.05) is 0 Å². The van der Waals surface area contributed by atoms with Crippen LogP contribution in [0.15, 0.2) is 36.7 Å². The maximum Gasteiger partial charge on any atom is 0.494 e. The van der Waals surface area contributed by atoms with E-state index in [-0.39, 0.29) is 25.0 Å². The third kappa shape index (κ3) is 5.00. The predicted molar refractivity (Wildman–Crippen MR) is 134 cm³/mol. The van der Waals surface area contributed by atoms with Crippen molar-refractivity contribution < 1.29 is 41.9 Å². The third-order valence-electron chi connectivity index (χ3n) is 6.23. The molecule has 2 saturated heterocycles. The van der Waals surface area contributed by atoms with Gasteiger partial charge in [0.2, 0.25) is 11.8 Å². The molecule has 202 valence electrons. The van der Waals surface area contributed by atoms with Gasteiger partial charge in [0.05, 0.1) is 26.7 Å². The normalized spacial score (nSPS) is 25.4. The Morgan fingerprint density at radius 3 is 2.79 bits per heavy atom. The van der Waals surface area contributed by atoms with Gasteiger partial charge < -0.3 is 33.8 Å². The first-order valence-electron chi connectivity index (χ1n) is 11.9. The predicted octanol–water partition coefficient (Wildman–Crippen LogP) is 0.870. The Hall–Kier alpha value is -3.07. The number of carbonyl (C=O) groups is 1. The van der Waals surface area contributed by atoms with Gasteiger partial charge in [-0.1, -0.05) is 30.3 Å². The molecule has 3 aromatic rings. The van der Waals surface area contributed by atoms with Crippen LogP contribution in [-0.4, -0.2) is 77.3 Å². The minimum Gasteiger partial charge on any atom is -0.479 e. The van der Waals surface area contributed by atoms with E-state index in [1.165, 1.54) is 13.4 Å². The number of anilines is 1. The summed E-state index contributed by atoms with van der Waals surface area (Å²) in [5, 5.41) is 0. The second-order valence-corrected chi connectivity index (χ2v) is 9.78. The van der Waals surface area contributed by atoms with Crippen LogP contribution < -0.4 is 15.9 Å². The van der Waals surface area contributed by atoms with Crippen molar-refractivity contribution in [2.75, 3.05) is 32.7 Å². The summed E-state index contributed by atoms with van der Waals surface area (Å²) in [6.07, 6.45) is -0.628. The number of nitrogen functional groups attached to an aromatic ring is 1. The molecule has 0 bridgehead atoms. The number of aromatic nitrogens is 4. The zero-order valence-corrected chi connectivity index (χ0v) is 21.9. The van der Waals surface area contributed by atoms with E-state index in [9.17, 15) is 9.36 Å². The van der Waals surface area contributed by atoms with E-state index in [1.807, 2.05) is 37.3 Å². The molecular formula is C22H27BN5O9P. The minimum atomic E-state index is -3.02. The average molecular weight is 547 g/mol. The highest BCUT2D eigenvalue weighted by Crippen LogP contribution is 2.48. The van der Waals surface area contributed by atoms with Crippen LogP contribution in [0, 0.1) is 0 Å². The highest BCUT2D eigenvalue weighted by atomic mass is 31.1. The summed E-state index contributed by atoms with van der Waals surface area (Å²) in [5.74, 6) is -0.422. The smallest absolute Gasteiger partial charge is 0.479 e. The first kappa shape index (κ1) is 26.5. The summed E-state index contributed by atoms with van der Waals surface area (Å²) >= 11 is 0. The van der Waals surface area contributed by atoms with Gasteiger partial charge in [-0.2, -0.15) is 9.97 Å². The van der Waals surface area contributed by atoms with Crippen LogP contribution in [0.5, 0.6) is 5.88 Å². The van der Waals surface area contributed by atoms with Gasteiger partial charge in [0.1, 0.15) is 17.8 Å². The summed E-state index contributed by atoms with van der Waals surface area (Å²) in [5.41, 5.74) is 6.44. The zero-order valence-electron chi connectivity index (χ0n) is 20.9. The molecule has 14 nitrogen and oxygen atoms in total. The summed E-state index contributed by atoms with van der Waals surface area (Å²) in [6.45, 7) is 3.05. The van der Waals surface area contributed by atoms with Gasteiger partial charge >= 0.3 is 21.3 Å². The van der Waals surface area contributed by atoms with Crippen molar-refractivity contribution in [3.63, 3.8) is 0 Å². The number of fused-ring (bicyclic) bond motifs is 2. The molecule has 4 heterocycles. The molecule has 5 atom stereocenters. The third-order valence-corrected chi connectivity index (χ3v) is 7.01. The maximum absolute atomic E-state index is 12.3. The highest BCUT2D eigenvalue weighted by Gasteiger charge is 2.63. The Balaban J connectivity index is 1.41. The number of ether oxygens (including phenoxy) is 3. The zero-order chi connectivity index (χ0) is 26.9. The first-order valence-corrected chi connectivity index (χ1v) is 13.1. The molecule has 2 aromatic heterocycles. The molecule has 1 aromatic carbocycles. The van der Waals surface area contributed by atoms with Crippen molar-refractivity contribution in [2.45, 2.75) is 37.9 Å². The van der Waals surface area contributed by atoms with Crippen LogP contribution in [0.3, 0.4) is 0 Å². The number of methoxy groups -OCH3 is 1. The molecule has 5 rings (SSSR count). The maximum atomic E-state index is 12.3. The van der Waals surface area contributed by atoms with E-state index < -0.39 is 52.0 Å². The van der Waals surface area contributed by atoms with Crippen molar-refractivity contribution in [1.29, 1.82) is 0 Å². The van der Waals surface area contributed by atoms with Gasteiger partial charge in [0.15, 0.2) is 24.0 Å². The second kappa shape index (κ2) is 11.0. The summed E-state index contributed by atoms with van der Waals surface area (Å²) in [6, 6.07) is 9.45. The largest absolute Gasteiger partial charge is 0.494 e. The molecule has 2 unspecified atom stereocenters. The van der Waals surface area contributed by atoms with Gasteiger partial charge in [0.25, 0.3) is 0 Å². The first-order chi connectivity index (χ1) is 18.3. The number of carbonyl (C=O) groups excluding carboxylic acids is 1. The Labute approximate surface area is 218 Å². The Morgan fingerprint density at radius 1 is 1.26 bits per heavy atom. The molecule has 2 aliphatic heterocycles. The lowest BCUT2D eigenvalue weighted by molar-refractivity contribution is -0.145. The van der Waals surface area contributed by atoms with Crippen molar-refractivity contribution in [1.82, 2.24) is 19.5 Å². The van der Waals surface area contributed by atoms with Crippen LogP contribution in [0.4, 0.5) is 5.95 Å². The lowest BCUT2D eigenvalue weighted by Crippen LogP contribution is -2.42. The number of nitrogens with two attached hydrogens (primary N) is 1. The van der Waals surface area contributed by atoms with Gasteiger partial charge in [-0.25, -0.2) is 9.78 Å². The number of imidazole rings is 1. The van der Waals surface area contributed by atoms with Crippen LogP contribution >= 0.6 is 8.25 Å². The summed E-state index contributed by atoms with van der Waals surface area (Å²) in [4.78, 5) is 24.3. The number of esters is 1. The lowest BCUT2D eigenvalue weighted by Gasteiger charge is -2.29. The molecule has 38 heavy (non-hydrogen) atoms. The summed E-state index contributed by atoms with van der Waals surface area (Å²) in [7, 11) is -2.26. The fraction of sp³-hybridized carbons (Fsp3) is 0.455. The number of nitrogens with zero attached hydrogens (tertiary/aromatic N) is 4. The quantitative estimate of drug-likeness (QED) is 0.216. The molecular weight excluding hydrogens is 520 g/mol. The fourth-order valence-electron chi connectivity index (χ4n) is 4.58.